The molecule has 0 atom stereocenters. The molecule has 0 bridgehead atoms. The Labute approximate surface area is 212 Å². The van der Waals surface area contributed by atoms with Gasteiger partial charge in [-0.25, -0.2) is 14.8 Å². The van der Waals surface area contributed by atoms with Crippen molar-refractivity contribution < 1.29 is 23.6 Å². The Balaban J connectivity index is 1.24. The van der Waals surface area contributed by atoms with E-state index in [1.807, 2.05) is 12.3 Å². The van der Waals surface area contributed by atoms with Gasteiger partial charge in [-0.15, -0.1) is 11.3 Å². The molecule has 0 aromatic carbocycles. The van der Waals surface area contributed by atoms with Crippen LogP contribution in [0, 0.1) is 13.8 Å². The van der Waals surface area contributed by atoms with Crippen LogP contribution in [-0.4, -0.2) is 62.5 Å². The van der Waals surface area contributed by atoms with Crippen LogP contribution in [-0.2, 0) is 14.3 Å². The fraction of sp³-hybridized carbons (Fsp3) is 0.458. The maximum atomic E-state index is 12.7. The van der Waals surface area contributed by atoms with E-state index >= 15 is 0 Å². The summed E-state index contributed by atoms with van der Waals surface area (Å²) in [5, 5.41) is 9.32. The third-order valence-corrected chi connectivity index (χ3v) is 6.86. The van der Waals surface area contributed by atoms with Gasteiger partial charge in [-0.2, -0.15) is 0 Å². The number of nitrogens with one attached hydrogen (secondary N) is 1. The zero-order chi connectivity index (χ0) is 25.7. The number of anilines is 1. The summed E-state index contributed by atoms with van der Waals surface area (Å²) in [4.78, 5) is 51.7. The van der Waals surface area contributed by atoms with Crippen molar-refractivity contribution in [3.8, 4) is 11.5 Å². The van der Waals surface area contributed by atoms with Crippen LogP contribution < -0.4 is 5.32 Å². The third kappa shape index (κ3) is 6.11. The van der Waals surface area contributed by atoms with Crippen LogP contribution in [0.25, 0.3) is 11.5 Å². The molecule has 190 valence electrons. The van der Waals surface area contributed by atoms with E-state index in [0.29, 0.717) is 36.1 Å². The van der Waals surface area contributed by atoms with Crippen molar-refractivity contribution in [3.05, 3.63) is 39.7 Å². The van der Waals surface area contributed by atoms with E-state index in [9.17, 15) is 14.4 Å². The zero-order valence-electron chi connectivity index (χ0n) is 20.4. The average molecular weight is 513 g/mol. The maximum absolute atomic E-state index is 12.7. The maximum Gasteiger partial charge on any atom is 0.360 e. The monoisotopic (exact) mass is 512 g/mol. The number of likely N-dealkylation sites (tertiary alicyclic amines) is 1. The number of carbonyl (C=O) groups excluding carboxylic acids is 3. The first-order valence-electron chi connectivity index (χ1n) is 11.8. The summed E-state index contributed by atoms with van der Waals surface area (Å²) < 4.78 is 10.2. The predicted octanol–water partition coefficient (Wildman–Crippen LogP) is 3.51. The molecule has 1 saturated heterocycles. The number of esters is 1. The van der Waals surface area contributed by atoms with E-state index in [1.54, 1.807) is 24.9 Å². The highest BCUT2D eigenvalue weighted by Gasteiger charge is 2.27. The molecule has 0 spiro atoms. The number of rotatable bonds is 8. The van der Waals surface area contributed by atoms with E-state index < -0.39 is 5.97 Å². The number of nitrogens with zero attached hydrogens (tertiary/aromatic N) is 5. The van der Waals surface area contributed by atoms with E-state index in [1.165, 1.54) is 17.4 Å². The number of carbonyl (C=O) groups is 3. The van der Waals surface area contributed by atoms with Crippen LogP contribution in [0.1, 0.15) is 65.4 Å². The second-order valence-electron chi connectivity index (χ2n) is 8.52. The standard InChI is InChI=1S/C24H28N6O5S/c1-4-34-24(33)17-11-19(35-29-17)18-13-36-23(27-18)16-7-9-30(10-8-16)21(32)6-5-20(31)28-22-15(3)26-14(2)12-25-22/h11-13,16H,4-10H2,1-3H3,(H,25,28,31). The van der Waals surface area contributed by atoms with Gasteiger partial charge >= 0.3 is 5.97 Å². The van der Waals surface area contributed by atoms with Crippen molar-refractivity contribution in [2.45, 2.75) is 52.4 Å². The molecule has 1 fully saturated rings. The molecule has 4 rings (SSSR count). The molecule has 1 N–H and O–H groups in total. The van der Waals surface area contributed by atoms with Crippen LogP contribution in [0.3, 0.4) is 0 Å². The van der Waals surface area contributed by atoms with E-state index in [4.69, 9.17) is 9.26 Å². The fourth-order valence-electron chi connectivity index (χ4n) is 3.95. The third-order valence-electron chi connectivity index (χ3n) is 5.86. The van der Waals surface area contributed by atoms with Gasteiger partial charge in [-0.3, -0.25) is 14.6 Å². The largest absolute Gasteiger partial charge is 0.461 e. The van der Waals surface area contributed by atoms with Crippen molar-refractivity contribution in [2.24, 2.45) is 0 Å². The van der Waals surface area contributed by atoms with E-state index in [-0.39, 0.29) is 42.9 Å². The van der Waals surface area contributed by atoms with Crippen molar-refractivity contribution in [3.63, 3.8) is 0 Å². The minimum absolute atomic E-state index is 0.0386. The highest BCUT2D eigenvalue weighted by molar-refractivity contribution is 7.10. The smallest absolute Gasteiger partial charge is 0.360 e. The lowest BCUT2D eigenvalue weighted by atomic mass is 9.97. The second-order valence-corrected chi connectivity index (χ2v) is 9.41. The minimum Gasteiger partial charge on any atom is -0.461 e. The van der Waals surface area contributed by atoms with E-state index in [0.717, 1.165) is 23.5 Å². The van der Waals surface area contributed by atoms with Crippen LogP contribution >= 0.6 is 11.3 Å². The number of aryl methyl sites for hydroxylation is 2. The van der Waals surface area contributed by atoms with Gasteiger partial charge < -0.3 is 19.5 Å². The van der Waals surface area contributed by atoms with Gasteiger partial charge in [-0.05, 0) is 33.6 Å². The van der Waals surface area contributed by atoms with Gasteiger partial charge in [0, 0.05) is 43.3 Å². The molecule has 1 aliphatic heterocycles. The number of aromatic nitrogens is 4. The van der Waals surface area contributed by atoms with Crippen molar-refractivity contribution in [2.75, 3.05) is 25.0 Å². The average Bonchev–Trinajstić information content (AvgIpc) is 3.55. The molecule has 1 aliphatic rings. The number of ether oxygens (including phenoxy) is 1. The van der Waals surface area contributed by atoms with Gasteiger partial charge in [0.1, 0.15) is 5.69 Å². The van der Waals surface area contributed by atoms with Crippen molar-refractivity contribution in [1.29, 1.82) is 0 Å². The van der Waals surface area contributed by atoms with Crippen LogP contribution in [0.15, 0.2) is 22.2 Å². The number of thiazole rings is 1. The molecule has 0 radical (unpaired) electrons. The Morgan fingerprint density at radius 2 is 1.97 bits per heavy atom. The van der Waals surface area contributed by atoms with Crippen LogP contribution in [0.2, 0.25) is 0 Å². The molecule has 36 heavy (non-hydrogen) atoms. The number of hydrogen-bond acceptors (Lipinski definition) is 10. The zero-order valence-corrected chi connectivity index (χ0v) is 21.3. The lowest BCUT2D eigenvalue weighted by molar-refractivity contribution is -0.133. The quantitative estimate of drug-likeness (QED) is 0.449. The normalized spacial score (nSPS) is 14.0. The minimum atomic E-state index is -0.531. The molecule has 0 aliphatic carbocycles. The molecular formula is C24H28N6O5S. The molecular weight excluding hydrogens is 484 g/mol. The molecule has 0 unspecified atom stereocenters. The number of hydrogen-bond donors (Lipinski definition) is 1. The molecule has 12 heteroatoms. The molecule has 2 amide bonds. The lowest BCUT2D eigenvalue weighted by Gasteiger charge is -2.31. The van der Waals surface area contributed by atoms with Gasteiger partial charge in [0.15, 0.2) is 17.3 Å². The lowest BCUT2D eigenvalue weighted by Crippen LogP contribution is -2.38. The summed E-state index contributed by atoms with van der Waals surface area (Å²) in [5.41, 5.74) is 2.16. The first-order chi connectivity index (χ1) is 17.3. The van der Waals surface area contributed by atoms with Crippen molar-refractivity contribution in [1.82, 2.24) is 25.0 Å². The summed E-state index contributed by atoms with van der Waals surface area (Å²) in [6.07, 6.45) is 3.40. The molecule has 11 nitrogen and oxygen atoms in total. The van der Waals surface area contributed by atoms with Crippen molar-refractivity contribution >= 4 is 34.9 Å². The van der Waals surface area contributed by atoms with E-state index in [2.05, 4.69) is 25.4 Å². The van der Waals surface area contributed by atoms with Crippen LogP contribution in [0.4, 0.5) is 5.82 Å². The Kier molecular flexibility index (Phi) is 8.04. The summed E-state index contributed by atoms with van der Waals surface area (Å²) in [6.45, 7) is 6.82. The summed E-state index contributed by atoms with van der Waals surface area (Å²) in [6, 6.07) is 1.53. The Morgan fingerprint density at radius 3 is 2.69 bits per heavy atom. The molecule has 3 aromatic rings. The predicted molar refractivity (Wildman–Crippen MR) is 131 cm³/mol. The van der Waals surface area contributed by atoms with Gasteiger partial charge in [0.05, 0.1) is 29.2 Å². The van der Waals surface area contributed by atoms with Gasteiger partial charge in [-0.1, -0.05) is 5.16 Å². The molecule has 0 saturated carbocycles. The van der Waals surface area contributed by atoms with Gasteiger partial charge in [0.2, 0.25) is 11.8 Å². The van der Waals surface area contributed by atoms with Gasteiger partial charge in [0.25, 0.3) is 0 Å². The SMILES string of the molecule is CCOC(=O)c1cc(-c2csc(C3CCN(C(=O)CCC(=O)Nc4ncc(C)nc4C)CC3)n2)on1. The summed E-state index contributed by atoms with van der Waals surface area (Å²) in [5.74, 6) is 0.238. The first kappa shape index (κ1) is 25.4. The Hall–Kier alpha value is -3.67. The molecule has 3 aromatic heterocycles. The summed E-state index contributed by atoms with van der Waals surface area (Å²) >= 11 is 1.52. The second kappa shape index (κ2) is 11.4. The Bertz CT molecular complexity index is 1250. The number of piperidine rings is 1. The highest BCUT2D eigenvalue weighted by Crippen LogP contribution is 2.33. The highest BCUT2D eigenvalue weighted by atomic mass is 32.1. The fourth-order valence-corrected chi connectivity index (χ4v) is 4.94. The Morgan fingerprint density at radius 1 is 1.19 bits per heavy atom. The van der Waals surface area contributed by atoms with Crippen LogP contribution in [0.5, 0.6) is 0 Å². The summed E-state index contributed by atoms with van der Waals surface area (Å²) in [7, 11) is 0. The topological polar surface area (TPSA) is 140 Å². The first-order valence-corrected chi connectivity index (χ1v) is 12.7. The molecule has 4 heterocycles. The number of amides is 2.